The Hall–Kier alpha value is -0.530. The van der Waals surface area contributed by atoms with Crippen LogP contribution in [0, 0.1) is 5.41 Å². The van der Waals surface area contributed by atoms with Gasteiger partial charge in [-0.15, -0.1) is 0 Å². The Bertz CT molecular complexity index is 433. The van der Waals surface area contributed by atoms with E-state index in [1.807, 2.05) is 0 Å². The molecule has 35 heavy (non-hydrogen) atoms. The SMILES string of the molecule is CCCCCCCCCCCCCCCCC(C)(CCCCCC)C(=O)OCCCCCCCC. The largest absolute Gasteiger partial charge is 0.465 e. The summed E-state index contributed by atoms with van der Waals surface area (Å²) in [4.78, 5) is 13.0. The van der Waals surface area contributed by atoms with E-state index in [-0.39, 0.29) is 11.4 Å². The number of hydrogen-bond donors (Lipinski definition) is 0. The molecule has 1 unspecified atom stereocenters. The van der Waals surface area contributed by atoms with Gasteiger partial charge in [0.2, 0.25) is 0 Å². The first-order chi connectivity index (χ1) is 17.1. The van der Waals surface area contributed by atoms with Crippen LogP contribution in [0.5, 0.6) is 0 Å². The molecule has 0 fully saturated rings. The van der Waals surface area contributed by atoms with Crippen LogP contribution in [0.15, 0.2) is 0 Å². The van der Waals surface area contributed by atoms with Crippen molar-refractivity contribution in [1.82, 2.24) is 0 Å². The van der Waals surface area contributed by atoms with Gasteiger partial charge in [0, 0.05) is 0 Å². The number of carbonyl (C=O) groups excluding carboxylic acids is 1. The lowest BCUT2D eigenvalue weighted by molar-refractivity contribution is -0.156. The van der Waals surface area contributed by atoms with E-state index in [1.165, 1.54) is 141 Å². The van der Waals surface area contributed by atoms with Gasteiger partial charge in [0.1, 0.15) is 0 Å². The highest BCUT2D eigenvalue weighted by Gasteiger charge is 2.33. The number of hydrogen-bond acceptors (Lipinski definition) is 2. The summed E-state index contributed by atoms with van der Waals surface area (Å²) in [5.74, 6) is 0.0808. The van der Waals surface area contributed by atoms with Gasteiger partial charge >= 0.3 is 5.97 Å². The maximum Gasteiger partial charge on any atom is 0.311 e. The van der Waals surface area contributed by atoms with E-state index >= 15 is 0 Å². The Labute approximate surface area is 222 Å². The molecule has 210 valence electrons. The van der Waals surface area contributed by atoms with E-state index in [9.17, 15) is 4.79 Å². The van der Waals surface area contributed by atoms with Gasteiger partial charge < -0.3 is 4.74 Å². The minimum Gasteiger partial charge on any atom is -0.465 e. The third-order valence-corrected chi connectivity index (χ3v) is 7.89. The molecule has 0 spiro atoms. The Morgan fingerprint density at radius 2 is 0.743 bits per heavy atom. The fraction of sp³-hybridized carbons (Fsp3) is 0.970. The number of rotatable bonds is 28. The molecule has 2 heteroatoms. The van der Waals surface area contributed by atoms with Crippen molar-refractivity contribution in [3.63, 3.8) is 0 Å². The van der Waals surface area contributed by atoms with Crippen molar-refractivity contribution in [3.05, 3.63) is 0 Å². The van der Waals surface area contributed by atoms with Crippen LogP contribution in [-0.4, -0.2) is 12.6 Å². The maximum absolute atomic E-state index is 13.0. The fourth-order valence-corrected chi connectivity index (χ4v) is 5.20. The topological polar surface area (TPSA) is 26.3 Å². The molecule has 0 aromatic carbocycles. The molecule has 0 rings (SSSR count). The second kappa shape index (κ2) is 26.5. The summed E-state index contributed by atoms with van der Waals surface area (Å²) in [7, 11) is 0. The summed E-state index contributed by atoms with van der Waals surface area (Å²) >= 11 is 0. The van der Waals surface area contributed by atoms with Crippen LogP contribution in [0.4, 0.5) is 0 Å². The molecule has 0 amide bonds. The first-order valence-electron chi connectivity index (χ1n) is 16.3. The van der Waals surface area contributed by atoms with Crippen LogP contribution in [0.2, 0.25) is 0 Å². The maximum atomic E-state index is 13.0. The zero-order valence-electron chi connectivity index (χ0n) is 24.9. The van der Waals surface area contributed by atoms with E-state index in [4.69, 9.17) is 4.74 Å². The Kier molecular flexibility index (Phi) is 26.1. The van der Waals surface area contributed by atoms with Gasteiger partial charge in [-0.1, -0.05) is 168 Å². The van der Waals surface area contributed by atoms with Crippen LogP contribution >= 0.6 is 0 Å². The fourth-order valence-electron chi connectivity index (χ4n) is 5.20. The second-order valence-corrected chi connectivity index (χ2v) is 11.6. The second-order valence-electron chi connectivity index (χ2n) is 11.6. The molecule has 0 aliphatic rings. The molecular weight excluding hydrogens is 428 g/mol. The summed E-state index contributed by atoms with van der Waals surface area (Å²) in [6, 6.07) is 0. The monoisotopic (exact) mass is 495 g/mol. The lowest BCUT2D eigenvalue weighted by Crippen LogP contribution is -2.30. The summed E-state index contributed by atoms with van der Waals surface area (Å²) in [6.07, 6.45) is 33.7. The van der Waals surface area contributed by atoms with E-state index < -0.39 is 0 Å². The average Bonchev–Trinajstić information content (AvgIpc) is 2.86. The average molecular weight is 495 g/mol. The van der Waals surface area contributed by atoms with Gasteiger partial charge in [0.25, 0.3) is 0 Å². The van der Waals surface area contributed by atoms with Crippen LogP contribution in [-0.2, 0) is 9.53 Å². The molecule has 0 aromatic heterocycles. The molecule has 0 saturated heterocycles. The van der Waals surface area contributed by atoms with Crippen molar-refractivity contribution >= 4 is 5.97 Å². The molecule has 0 aromatic rings. The Morgan fingerprint density at radius 1 is 0.457 bits per heavy atom. The standard InChI is InChI=1S/C33H66O2/c1-5-8-11-14-16-17-18-19-20-21-22-23-24-27-30-33(4,29-26-13-10-7-3)32(34)35-31-28-25-15-12-9-6-2/h5-31H2,1-4H3. The summed E-state index contributed by atoms with van der Waals surface area (Å²) in [5.41, 5.74) is -0.271. The highest BCUT2D eigenvalue weighted by atomic mass is 16.5. The summed E-state index contributed by atoms with van der Waals surface area (Å²) < 4.78 is 5.80. The quantitative estimate of drug-likeness (QED) is 0.0798. The number of unbranched alkanes of at least 4 members (excludes halogenated alkanes) is 21. The van der Waals surface area contributed by atoms with Gasteiger partial charge in [-0.3, -0.25) is 4.79 Å². The van der Waals surface area contributed by atoms with Crippen molar-refractivity contribution in [3.8, 4) is 0 Å². The van der Waals surface area contributed by atoms with Gasteiger partial charge in [-0.05, 0) is 26.2 Å². The molecule has 0 heterocycles. The number of carbonyl (C=O) groups is 1. The molecule has 0 saturated carbocycles. The van der Waals surface area contributed by atoms with Crippen LogP contribution in [0.25, 0.3) is 0 Å². The minimum absolute atomic E-state index is 0.0808. The zero-order valence-corrected chi connectivity index (χ0v) is 24.9. The third kappa shape index (κ3) is 22.4. The van der Waals surface area contributed by atoms with Gasteiger partial charge in [-0.25, -0.2) is 0 Å². The van der Waals surface area contributed by atoms with Crippen molar-refractivity contribution in [2.24, 2.45) is 5.41 Å². The summed E-state index contributed by atoms with van der Waals surface area (Å²) in [5, 5.41) is 0. The Balaban J connectivity index is 3.98. The molecule has 0 bridgehead atoms. The van der Waals surface area contributed by atoms with Gasteiger partial charge in [0.05, 0.1) is 12.0 Å². The number of ether oxygens (including phenoxy) is 1. The minimum atomic E-state index is -0.271. The normalized spacial score (nSPS) is 13.1. The third-order valence-electron chi connectivity index (χ3n) is 7.89. The van der Waals surface area contributed by atoms with E-state index in [0.29, 0.717) is 6.61 Å². The van der Waals surface area contributed by atoms with E-state index in [2.05, 4.69) is 27.7 Å². The Morgan fingerprint density at radius 3 is 1.11 bits per heavy atom. The summed E-state index contributed by atoms with van der Waals surface area (Å²) in [6.45, 7) is 9.60. The molecule has 0 radical (unpaired) electrons. The lowest BCUT2D eigenvalue weighted by atomic mass is 9.79. The predicted molar refractivity (Wildman–Crippen MR) is 156 cm³/mol. The van der Waals surface area contributed by atoms with Crippen LogP contribution in [0.3, 0.4) is 0 Å². The molecule has 0 aliphatic carbocycles. The number of esters is 1. The zero-order chi connectivity index (χ0) is 25.9. The van der Waals surface area contributed by atoms with Crippen LogP contribution < -0.4 is 0 Å². The highest BCUT2D eigenvalue weighted by molar-refractivity contribution is 5.76. The van der Waals surface area contributed by atoms with Gasteiger partial charge in [0.15, 0.2) is 0 Å². The van der Waals surface area contributed by atoms with Crippen molar-refractivity contribution in [2.75, 3.05) is 6.61 Å². The molecule has 2 nitrogen and oxygen atoms in total. The highest BCUT2D eigenvalue weighted by Crippen LogP contribution is 2.33. The van der Waals surface area contributed by atoms with Crippen molar-refractivity contribution < 1.29 is 9.53 Å². The molecule has 0 N–H and O–H groups in total. The van der Waals surface area contributed by atoms with Crippen molar-refractivity contribution in [2.45, 2.75) is 195 Å². The van der Waals surface area contributed by atoms with E-state index in [1.54, 1.807) is 0 Å². The lowest BCUT2D eigenvalue weighted by Gasteiger charge is -2.27. The predicted octanol–water partition coefficient (Wildman–Crippen LogP) is 11.7. The van der Waals surface area contributed by atoms with Crippen LogP contribution in [0.1, 0.15) is 195 Å². The first-order valence-corrected chi connectivity index (χ1v) is 16.3. The molecular formula is C33H66O2. The molecule has 1 atom stereocenters. The van der Waals surface area contributed by atoms with E-state index in [0.717, 1.165) is 25.7 Å². The first kappa shape index (κ1) is 34.5. The smallest absolute Gasteiger partial charge is 0.311 e. The van der Waals surface area contributed by atoms with Gasteiger partial charge in [-0.2, -0.15) is 0 Å². The molecule has 0 aliphatic heterocycles. The van der Waals surface area contributed by atoms with Crippen molar-refractivity contribution in [1.29, 1.82) is 0 Å².